The molecule has 0 unspecified atom stereocenters. The molecule has 1 amide bonds. The summed E-state index contributed by atoms with van der Waals surface area (Å²) in [6.45, 7) is 5.43. The second-order valence-corrected chi connectivity index (χ2v) is 7.90. The van der Waals surface area contributed by atoms with Crippen molar-refractivity contribution in [1.29, 1.82) is 0 Å². The lowest BCUT2D eigenvalue weighted by atomic mass is 10.0. The highest BCUT2D eigenvalue weighted by atomic mass is 35.5. The first-order chi connectivity index (χ1) is 12.1. The van der Waals surface area contributed by atoms with E-state index in [9.17, 15) is 4.79 Å². The minimum Gasteiger partial charge on any atom is -0.484 e. The second kappa shape index (κ2) is 8.91. The molecule has 138 valence electrons. The molecular weight excluding hydrogens is 336 g/mol. The molecule has 1 aliphatic carbocycles. The van der Waals surface area contributed by atoms with Crippen LogP contribution in [0.5, 0.6) is 5.75 Å². The third kappa shape index (κ3) is 5.61. The van der Waals surface area contributed by atoms with E-state index in [4.69, 9.17) is 16.3 Å². The fourth-order valence-electron chi connectivity index (χ4n) is 3.94. The maximum Gasteiger partial charge on any atom is 0.258 e. The smallest absolute Gasteiger partial charge is 0.258 e. The number of rotatable bonds is 6. The minimum absolute atomic E-state index is 0.0400. The zero-order valence-corrected chi connectivity index (χ0v) is 15.9. The van der Waals surface area contributed by atoms with Gasteiger partial charge in [-0.05, 0) is 62.3 Å². The van der Waals surface area contributed by atoms with Gasteiger partial charge in [-0.1, -0.05) is 24.4 Å². The number of hydrogen-bond acceptors (Lipinski definition) is 3. The number of benzene rings is 1. The molecule has 1 aromatic carbocycles. The summed E-state index contributed by atoms with van der Waals surface area (Å²) < 4.78 is 5.57. The van der Waals surface area contributed by atoms with E-state index in [1.807, 2.05) is 13.0 Å². The van der Waals surface area contributed by atoms with Crippen LogP contribution in [0.4, 0.5) is 0 Å². The molecule has 1 saturated heterocycles. The largest absolute Gasteiger partial charge is 0.484 e. The Kier molecular flexibility index (Phi) is 6.60. The number of likely N-dealkylation sites (tertiary alicyclic amines) is 1. The van der Waals surface area contributed by atoms with E-state index in [1.165, 1.54) is 32.2 Å². The number of nitrogens with zero attached hydrogens (tertiary/aromatic N) is 1. The molecule has 3 rings (SSSR count). The van der Waals surface area contributed by atoms with Gasteiger partial charge in [-0.15, -0.1) is 0 Å². The van der Waals surface area contributed by atoms with Crippen LogP contribution in [0.15, 0.2) is 18.2 Å². The molecule has 0 aromatic heterocycles. The molecule has 5 heteroatoms. The number of hydrogen-bond donors (Lipinski definition) is 1. The summed E-state index contributed by atoms with van der Waals surface area (Å²) >= 11 is 6.00. The van der Waals surface area contributed by atoms with Crippen molar-refractivity contribution in [3.63, 3.8) is 0 Å². The van der Waals surface area contributed by atoms with E-state index in [2.05, 4.69) is 10.2 Å². The van der Waals surface area contributed by atoms with Gasteiger partial charge >= 0.3 is 0 Å². The number of carbonyl (C=O) groups excluding carboxylic acids is 1. The predicted octanol–water partition coefficient (Wildman–Crippen LogP) is 3.80. The van der Waals surface area contributed by atoms with Gasteiger partial charge in [-0.3, -0.25) is 4.79 Å². The third-order valence-corrected chi connectivity index (χ3v) is 5.87. The van der Waals surface area contributed by atoms with Crippen molar-refractivity contribution in [3.05, 3.63) is 28.8 Å². The number of piperidine rings is 1. The molecule has 4 nitrogen and oxygen atoms in total. The van der Waals surface area contributed by atoms with Crippen molar-refractivity contribution in [3.8, 4) is 5.75 Å². The van der Waals surface area contributed by atoms with Crippen molar-refractivity contribution in [2.45, 2.75) is 51.5 Å². The Balaban J connectivity index is 1.35. The van der Waals surface area contributed by atoms with Crippen LogP contribution in [0.25, 0.3) is 0 Å². The molecule has 1 heterocycles. The molecule has 0 atom stereocenters. The molecule has 2 aliphatic rings. The minimum atomic E-state index is -0.0400. The average Bonchev–Trinajstić information content (AvgIpc) is 3.11. The van der Waals surface area contributed by atoms with Gasteiger partial charge < -0.3 is 15.0 Å². The van der Waals surface area contributed by atoms with Gasteiger partial charge in [-0.25, -0.2) is 0 Å². The molecule has 25 heavy (non-hydrogen) atoms. The maximum absolute atomic E-state index is 12.1. The molecule has 2 fully saturated rings. The number of nitrogens with one attached hydrogen (secondary N) is 1. The van der Waals surface area contributed by atoms with Crippen LogP contribution in [-0.4, -0.2) is 43.1 Å². The van der Waals surface area contributed by atoms with E-state index in [0.717, 1.165) is 37.4 Å². The number of carbonyl (C=O) groups is 1. The van der Waals surface area contributed by atoms with Crippen LogP contribution in [-0.2, 0) is 4.79 Å². The van der Waals surface area contributed by atoms with Crippen molar-refractivity contribution < 1.29 is 9.53 Å². The van der Waals surface area contributed by atoms with Crippen LogP contribution in [0.2, 0.25) is 5.02 Å². The van der Waals surface area contributed by atoms with E-state index >= 15 is 0 Å². The van der Waals surface area contributed by atoms with Crippen LogP contribution >= 0.6 is 11.6 Å². The quantitative estimate of drug-likeness (QED) is 0.834. The number of ether oxygens (including phenoxy) is 1. The lowest BCUT2D eigenvalue weighted by Gasteiger charge is -2.33. The summed E-state index contributed by atoms with van der Waals surface area (Å²) in [5.74, 6) is 1.55. The number of halogens is 1. The highest BCUT2D eigenvalue weighted by Crippen LogP contribution is 2.26. The Hall–Kier alpha value is -1.26. The first kappa shape index (κ1) is 18.5. The number of aryl methyl sites for hydroxylation is 1. The van der Waals surface area contributed by atoms with Gasteiger partial charge in [-0.2, -0.15) is 0 Å². The highest BCUT2D eigenvalue weighted by molar-refractivity contribution is 6.31. The van der Waals surface area contributed by atoms with E-state index in [1.54, 1.807) is 12.1 Å². The lowest BCUT2D eigenvalue weighted by molar-refractivity contribution is -0.124. The summed E-state index contributed by atoms with van der Waals surface area (Å²) in [4.78, 5) is 14.7. The lowest BCUT2D eigenvalue weighted by Crippen LogP contribution is -2.46. The highest BCUT2D eigenvalue weighted by Gasteiger charge is 2.24. The van der Waals surface area contributed by atoms with E-state index in [-0.39, 0.29) is 18.6 Å². The van der Waals surface area contributed by atoms with Gasteiger partial charge in [0.2, 0.25) is 0 Å². The molecule has 1 saturated carbocycles. The summed E-state index contributed by atoms with van der Waals surface area (Å²) in [7, 11) is 0. The van der Waals surface area contributed by atoms with Crippen molar-refractivity contribution in [2.24, 2.45) is 5.92 Å². The Morgan fingerprint density at radius 3 is 2.64 bits per heavy atom. The van der Waals surface area contributed by atoms with Crippen molar-refractivity contribution in [2.75, 3.05) is 26.2 Å². The zero-order chi connectivity index (χ0) is 17.6. The maximum atomic E-state index is 12.1. The number of amides is 1. The van der Waals surface area contributed by atoms with Crippen LogP contribution in [0.3, 0.4) is 0 Å². The Morgan fingerprint density at radius 1 is 1.24 bits per heavy atom. The zero-order valence-electron chi connectivity index (χ0n) is 15.1. The topological polar surface area (TPSA) is 41.6 Å². The fourth-order valence-corrected chi connectivity index (χ4v) is 4.06. The standard InChI is InChI=1S/C20H29ClN2O2/c1-15-12-18(6-7-19(15)21)25-14-20(24)22-17-8-10-23(11-9-17)13-16-4-2-3-5-16/h6-7,12,16-17H,2-5,8-11,13-14H2,1H3,(H,22,24). The molecule has 0 radical (unpaired) electrons. The summed E-state index contributed by atoms with van der Waals surface area (Å²) in [6.07, 6.45) is 7.70. The Morgan fingerprint density at radius 2 is 1.96 bits per heavy atom. The first-order valence-corrected chi connectivity index (χ1v) is 9.88. The molecule has 1 aromatic rings. The first-order valence-electron chi connectivity index (χ1n) is 9.51. The Labute approximate surface area is 155 Å². The average molecular weight is 365 g/mol. The van der Waals surface area contributed by atoms with Crippen molar-refractivity contribution in [1.82, 2.24) is 10.2 Å². The summed E-state index contributed by atoms with van der Waals surface area (Å²) in [5, 5.41) is 3.82. The van der Waals surface area contributed by atoms with Gasteiger partial charge in [0, 0.05) is 30.7 Å². The monoisotopic (exact) mass is 364 g/mol. The molecule has 0 spiro atoms. The summed E-state index contributed by atoms with van der Waals surface area (Å²) in [6, 6.07) is 5.73. The van der Waals surface area contributed by atoms with E-state index < -0.39 is 0 Å². The molecular formula is C20H29ClN2O2. The normalized spacial score (nSPS) is 19.9. The van der Waals surface area contributed by atoms with Crippen molar-refractivity contribution >= 4 is 17.5 Å². The van der Waals surface area contributed by atoms with Crippen LogP contribution < -0.4 is 10.1 Å². The molecule has 1 aliphatic heterocycles. The van der Waals surface area contributed by atoms with Gasteiger partial charge in [0.15, 0.2) is 6.61 Å². The fraction of sp³-hybridized carbons (Fsp3) is 0.650. The predicted molar refractivity (Wildman–Crippen MR) is 101 cm³/mol. The Bertz CT molecular complexity index is 579. The summed E-state index contributed by atoms with van der Waals surface area (Å²) in [5.41, 5.74) is 0.953. The SMILES string of the molecule is Cc1cc(OCC(=O)NC2CCN(CC3CCCC3)CC2)ccc1Cl. The molecule has 1 N–H and O–H groups in total. The van der Waals surface area contributed by atoms with Gasteiger partial charge in [0.1, 0.15) is 5.75 Å². The van der Waals surface area contributed by atoms with Gasteiger partial charge in [0.05, 0.1) is 0 Å². The molecule has 0 bridgehead atoms. The second-order valence-electron chi connectivity index (χ2n) is 7.49. The third-order valence-electron chi connectivity index (χ3n) is 5.44. The van der Waals surface area contributed by atoms with Crippen LogP contribution in [0.1, 0.15) is 44.1 Å². The van der Waals surface area contributed by atoms with Crippen LogP contribution in [0, 0.1) is 12.8 Å². The van der Waals surface area contributed by atoms with Gasteiger partial charge in [0.25, 0.3) is 5.91 Å². The van der Waals surface area contributed by atoms with E-state index in [0.29, 0.717) is 10.8 Å².